The van der Waals surface area contributed by atoms with Gasteiger partial charge in [0.15, 0.2) is 5.17 Å². The number of rotatable bonds is 3. The lowest BCUT2D eigenvalue weighted by molar-refractivity contribution is -0.0327. The average Bonchev–Trinajstić information content (AvgIpc) is 2.13. The second-order valence-electron chi connectivity index (χ2n) is 2.61. The van der Waals surface area contributed by atoms with Gasteiger partial charge < -0.3 is 5.32 Å². The molecule has 1 heterocycles. The molecule has 0 radical (unpaired) electrons. The Labute approximate surface area is 89.1 Å². The molecule has 0 saturated carbocycles. The van der Waals surface area contributed by atoms with Crippen molar-refractivity contribution in [2.75, 3.05) is 24.6 Å². The number of amidine groups is 1. The molecule has 0 saturated heterocycles. The summed E-state index contributed by atoms with van der Waals surface area (Å²) in [6.07, 6.45) is 1.05. The van der Waals surface area contributed by atoms with Gasteiger partial charge in [0.05, 0.1) is 0 Å². The number of aliphatic imine (C=N–C) groups is 1. The van der Waals surface area contributed by atoms with Crippen molar-refractivity contribution in [3.05, 3.63) is 0 Å². The Balaban J connectivity index is 2.06. The van der Waals surface area contributed by atoms with Crippen LogP contribution in [0.1, 0.15) is 6.42 Å². The van der Waals surface area contributed by atoms with Crippen molar-refractivity contribution in [2.45, 2.75) is 11.9 Å². The summed E-state index contributed by atoms with van der Waals surface area (Å²) < 4.78 is 35.2. The van der Waals surface area contributed by atoms with E-state index in [1.165, 1.54) is 0 Å². The van der Waals surface area contributed by atoms with E-state index >= 15 is 0 Å². The minimum Gasteiger partial charge on any atom is -0.364 e. The lowest BCUT2D eigenvalue weighted by Gasteiger charge is -2.13. The molecule has 0 aromatic carbocycles. The lowest BCUT2D eigenvalue weighted by atomic mass is 10.5. The van der Waals surface area contributed by atoms with Crippen LogP contribution in [0.25, 0.3) is 0 Å². The second-order valence-corrected chi connectivity index (χ2v) is 4.85. The number of halogens is 3. The van der Waals surface area contributed by atoms with Gasteiger partial charge >= 0.3 is 5.51 Å². The molecule has 2 nitrogen and oxygen atoms in total. The normalized spacial score (nSPS) is 17.8. The Morgan fingerprint density at radius 1 is 1.50 bits per heavy atom. The van der Waals surface area contributed by atoms with Crippen molar-refractivity contribution in [3.63, 3.8) is 0 Å². The van der Waals surface area contributed by atoms with Crippen molar-refractivity contribution >= 4 is 28.7 Å². The first-order valence-electron chi connectivity index (χ1n) is 4.20. The first kappa shape index (κ1) is 12.0. The summed E-state index contributed by atoms with van der Waals surface area (Å²) in [6, 6.07) is 0. The highest BCUT2D eigenvalue weighted by Gasteiger charge is 2.27. The van der Waals surface area contributed by atoms with Crippen LogP contribution in [-0.4, -0.2) is 35.3 Å². The monoisotopic (exact) mass is 244 g/mol. The number of thioether (sulfide) groups is 2. The first-order chi connectivity index (χ1) is 6.58. The van der Waals surface area contributed by atoms with Crippen molar-refractivity contribution in [1.82, 2.24) is 5.32 Å². The summed E-state index contributed by atoms with van der Waals surface area (Å²) in [5.74, 6) is 1.03. The van der Waals surface area contributed by atoms with Crippen molar-refractivity contribution in [3.8, 4) is 0 Å². The maximum absolute atomic E-state index is 11.7. The minimum absolute atomic E-state index is 0.00461. The molecular weight excluding hydrogens is 233 g/mol. The molecule has 7 heteroatoms. The Morgan fingerprint density at radius 2 is 2.29 bits per heavy atom. The Bertz CT molecular complexity index is 206. The molecule has 1 aliphatic rings. The average molecular weight is 244 g/mol. The van der Waals surface area contributed by atoms with E-state index in [-0.39, 0.29) is 17.5 Å². The molecule has 1 aliphatic heterocycles. The second kappa shape index (κ2) is 5.75. The molecule has 0 aromatic heterocycles. The highest BCUT2D eigenvalue weighted by atomic mass is 32.2. The zero-order valence-electron chi connectivity index (χ0n) is 7.43. The van der Waals surface area contributed by atoms with Gasteiger partial charge in [-0.3, -0.25) is 4.99 Å². The fourth-order valence-electron chi connectivity index (χ4n) is 0.891. The van der Waals surface area contributed by atoms with Crippen LogP contribution in [-0.2, 0) is 0 Å². The fraction of sp³-hybridized carbons (Fsp3) is 0.857. The molecule has 0 atom stereocenters. The van der Waals surface area contributed by atoms with Crippen LogP contribution in [0, 0.1) is 0 Å². The van der Waals surface area contributed by atoms with Gasteiger partial charge in [0.1, 0.15) is 0 Å². The summed E-state index contributed by atoms with van der Waals surface area (Å²) in [4.78, 5) is 4.14. The SMILES string of the molecule is FC(F)(F)SCCNC1=NCCCS1. The standard InChI is InChI=1S/C7H11F3N2S2/c8-7(9,10)14-5-3-12-6-11-2-1-4-13-6/h1-5H2,(H,11,12). The van der Waals surface area contributed by atoms with Gasteiger partial charge in [-0.25, -0.2) is 0 Å². The summed E-state index contributed by atoms with van der Waals surface area (Å²) in [6.45, 7) is 1.09. The highest BCUT2D eigenvalue weighted by Crippen LogP contribution is 2.29. The predicted octanol–water partition coefficient (Wildman–Crippen LogP) is 2.32. The van der Waals surface area contributed by atoms with E-state index < -0.39 is 5.51 Å². The quantitative estimate of drug-likeness (QED) is 0.771. The summed E-state index contributed by atoms with van der Waals surface area (Å²) in [5.41, 5.74) is -4.12. The van der Waals surface area contributed by atoms with Crippen molar-refractivity contribution in [2.24, 2.45) is 4.99 Å². The van der Waals surface area contributed by atoms with Gasteiger partial charge in [0.2, 0.25) is 0 Å². The molecule has 0 bridgehead atoms. The van der Waals surface area contributed by atoms with Crippen LogP contribution in [0.5, 0.6) is 0 Å². The summed E-state index contributed by atoms with van der Waals surface area (Å²) >= 11 is 1.56. The maximum atomic E-state index is 11.7. The number of nitrogens with zero attached hydrogens (tertiary/aromatic N) is 1. The summed E-state index contributed by atoms with van der Waals surface area (Å²) in [7, 11) is 0. The molecule has 1 rings (SSSR count). The third kappa shape index (κ3) is 5.64. The third-order valence-corrected chi connectivity index (χ3v) is 3.22. The maximum Gasteiger partial charge on any atom is 0.441 e. The van der Waals surface area contributed by atoms with Gasteiger partial charge in [-0.2, -0.15) is 13.2 Å². The van der Waals surface area contributed by atoms with Gasteiger partial charge in [-0.15, -0.1) is 0 Å². The molecule has 14 heavy (non-hydrogen) atoms. The van der Waals surface area contributed by atoms with Crippen LogP contribution in [0.4, 0.5) is 13.2 Å². The topological polar surface area (TPSA) is 24.4 Å². The molecule has 0 aliphatic carbocycles. The molecule has 0 unspecified atom stereocenters. The van der Waals surface area contributed by atoms with Crippen LogP contribution in [0.3, 0.4) is 0 Å². The first-order valence-corrected chi connectivity index (χ1v) is 6.17. The smallest absolute Gasteiger partial charge is 0.364 e. The zero-order chi connectivity index (χ0) is 10.4. The van der Waals surface area contributed by atoms with Crippen LogP contribution >= 0.6 is 23.5 Å². The fourth-order valence-corrected chi connectivity index (χ4v) is 2.18. The molecule has 0 aromatic rings. The zero-order valence-corrected chi connectivity index (χ0v) is 9.07. The third-order valence-electron chi connectivity index (χ3n) is 1.44. The number of alkyl halides is 3. The number of hydrogen-bond donors (Lipinski definition) is 1. The molecule has 0 spiro atoms. The number of hydrogen-bond acceptors (Lipinski definition) is 4. The Morgan fingerprint density at radius 3 is 2.86 bits per heavy atom. The van der Waals surface area contributed by atoms with Crippen molar-refractivity contribution < 1.29 is 13.2 Å². The molecule has 0 amide bonds. The van der Waals surface area contributed by atoms with Crippen molar-refractivity contribution in [1.29, 1.82) is 0 Å². The highest BCUT2D eigenvalue weighted by molar-refractivity contribution is 8.13. The Hall–Kier alpha value is -0.0400. The van der Waals surface area contributed by atoms with E-state index in [1.807, 2.05) is 0 Å². The summed E-state index contributed by atoms with van der Waals surface area (Å²) in [5, 5.41) is 3.66. The van der Waals surface area contributed by atoms with E-state index in [2.05, 4.69) is 10.3 Å². The van der Waals surface area contributed by atoms with Gasteiger partial charge in [-0.05, 0) is 18.2 Å². The largest absolute Gasteiger partial charge is 0.441 e. The van der Waals surface area contributed by atoms with Gasteiger partial charge in [0.25, 0.3) is 0 Å². The van der Waals surface area contributed by atoms with Gasteiger partial charge in [-0.1, -0.05) is 11.8 Å². The minimum atomic E-state index is -4.12. The molecular formula is C7H11F3N2S2. The molecule has 0 fully saturated rings. The Kier molecular flexibility index (Phi) is 4.94. The van der Waals surface area contributed by atoms with Gasteiger partial charge in [0, 0.05) is 24.6 Å². The van der Waals surface area contributed by atoms with E-state index in [4.69, 9.17) is 0 Å². The van der Waals surface area contributed by atoms with E-state index in [1.54, 1.807) is 11.8 Å². The predicted molar refractivity (Wildman–Crippen MR) is 55.9 cm³/mol. The van der Waals surface area contributed by atoms with E-state index in [0.717, 1.165) is 23.9 Å². The van der Waals surface area contributed by atoms with E-state index in [0.29, 0.717) is 6.54 Å². The molecule has 82 valence electrons. The van der Waals surface area contributed by atoms with E-state index in [9.17, 15) is 13.2 Å². The molecule has 1 N–H and O–H groups in total. The van der Waals surface area contributed by atoms with Crippen LogP contribution in [0.15, 0.2) is 4.99 Å². The lowest BCUT2D eigenvalue weighted by Crippen LogP contribution is -2.26. The van der Waals surface area contributed by atoms with Crippen LogP contribution < -0.4 is 5.32 Å². The van der Waals surface area contributed by atoms with Crippen LogP contribution in [0.2, 0.25) is 0 Å². The number of nitrogens with one attached hydrogen (secondary N) is 1.